The van der Waals surface area contributed by atoms with E-state index in [1.165, 1.54) is 5.57 Å². The first-order valence-corrected chi connectivity index (χ1v) is 9.22. The third-order valence-electron chi connectivity index (χ3n) is 7.67. The molecule has 0 aromatic rings. The average Bonchev–Trinajstić information content (AvgIpc) is 2.77. The number of Topliss-reactive ketones (excluding diaryl/α,β-unsaturated/α-hetero) is 1. The number of alkyl halides is 1. The summed E-state index contributed by atoms with van der Waals surface area (Å²) in [4.78, 5) is 24.4. The SMILES string of the molecule is C[C@]12C[C@@H](Cl)C(=O)C=C1CC[C@@H]1[C@@H]2CC[C@]2(C)C(=O)CC[C@@H]12. The lowest BCUT2D eigenvalue weighted by molar-refractivity contribution is -0.132. The maximum atomic E-state index is 12.4. The Balaban J connectivity index is 1.71. The Labute approximate surface area is 137 Å². The fraction of sp³-hybridized carbons (Fsp3) is 0.789. The van der Waals surface area contributed by atoms with Gasteiger partial charge in [0.25, 0.3) is 0 Å². The molecule has 0 aliphatic heterocycles. The first kappa shape index (κ1) is 14.9. The van der Waals surface area contributed by atoms with E-state index in [-0.39, 0.29) is 22.0 Å². The summed E-state index contributed by atoms with van der Waals surface area (Å²) in [5.74, 6) is 2.40. The number of rotatable bonds is 0. The minimum atomic E-state index is -0.356. The zero-order chi connectivity index (χ0) is 15.7. The van der Waals surface area contributed by atoms with Crippen molar-refractivity contribution in [2.24, 2.45) is 28.6 Å². The van der Waals surface area contributed by atoms with Crippen LogP contribution in [0.3, 0.4) is 0 Å². The molecule has 0 aromatic heterocycles. The van der Waals surface area contributed by atoms with Crippen molar-refractivity contribution in [3.8, 4) is 0 Å². The Bertz CT molecular complexity index is 580. The summed E-state index contributed by atoms with van der Waals surface area (Å²) in [6, 6.07) is 0. The van der Waals surface area contributed by atoms with Crippen LogP contribution < -0.4 is 0 Å². The maximum absolute atomic E-state index is 12.4. The summed E-state index contributed by atoms with van der Waals surface area (Å²) in [7, 11) is 0. The standard InChI is InChI=1S/C19H25ClO2/c1-18-8-7-14-12(13(18)5-6-17(18)22)4-3-11-9-16(21)15(20)10-19(11,14)2/h9,12-15H,3-8,10H2,1-2H3/t12-,13-,14-,15+,18-,19-/m0/s1. The molecule has 0 saturated heterocycles. The molecule has 0 radical (unpaired) electrons. The van der Waals surface area contributed by atoms with Gasteiger partial charge in [0.15, 0.2) is 5.78 Å². The lowest BCUT2D eigenvalue weighted by atomic mass is 9.47. The lowest BCUT2D eigenvalue weighted by Crippen LogP contribution is -2.51. The molecule has 22 heavy (non-hydrogen) atoms. The van der Waals surface area contributed by atoms with E-state index >= 15 is 0 Å². The predicted octanol–water partition coefficient (Wildman–Crippen LogP) is 4.30. The highest BCUT2D eigenvalue weighted by Gasteiger charge is 2.59. The number of hydrogen-bond acceptors (Lipinski definition) is 2. The third-order valence-corrected chi connectivity index (χ3v) is 8.04. The van der Waals surface area contributed by atoms with Crippen LogP contribution in [0.1, 0.15) is 58.8 Å². The van der Waals surface area contributed by atoms with Crippen LogP contribution in [0.25, 0.3) is 0 Å². The van der Waals surface area contributed by atoms with Crippen molar-refractivity contribution >= 4 is 23.2 Å². The number of halogens is 1. The first-order chi connectivity index (χ1) is 10.4. The molecule has 2 nitrogen and oxygen atoms in total. The fourth-order valence-corrected chi connectivity index (χ4v) is 6.74. The van der Waals surface area contributed by atoms with E-state index in [1.807, 2.05) is 6.08 Å². The van der Waals surface area contributed by atoms with Gasteiger partial charge in [0.05, 0.1) is 5.38 Å². The van der Waals surface area contributed by atoms with Crippen molar-refractivity contribution in [3.05, 3.63) is 11.6 Å². The summed E-state index contributed by atoms with van der Waals surface area (Å²) in [6.45, 7) is 4.54. The van der Waals surface area contributed by atoms with Crippen molar-refractivity contribution < 1.29 is 9.59 Å². The van der Waals surface area contributed by atoms with Gasteiger partial charge in [0, 0.05) is 11.8 Å². The van der Waals surface area contributed by atoms with E-state index in [4.69, 9.17) is 11.6 Å². The molecule has 0 spiro atoms. The Kier molecular flexibility index (Phi) is 3.18. The molecule has 0 amide bonds. The second-order valence-electron chi connectivity index (χ2n) is 8.49. The van der Waals surface area contributed by atoms with E-state index in [0.29, 0.717) is 23.5 Å². The van der Waals surface area contributed by atoms with Gasteiger partial charge in [0.1, 0.15) is 5.78 Å². The molecule has 6 atom stereocenters. The van der Waals surface area contributed by atoms with E-state index in [1.54, 1.807) is 0 Å². The highest BCUT2D eigenvalue weighted by Crippen LogP contribution is 2.64. The topological polar surface area (TPSA) is 34.1 Å². The number of fused-ring (bicyclic) bond motifs is 5. The molecular weight excluding hydrogens is 296 g/mol. The van der Waals surface area contributed by atoms with Crippen molar-refractivity contribution in [3.63, 3.8) is 0 Å². The molecule has 0 aromatic carbocycles. The average molecular weight is 321 g/mol. The molecule has 4 aliphatic rings. The van der Waals surface area contributed by atoms with Crippen LogP contribution in [0.15, 0.2) is 11.6 Å². The van der Waals surface area contributed by atoms with Crippen LogP contribution in [0, 0.1) is 28.6 Å². The van der Waals surface area contributed by atoms with Crippen LogP contribution in [0.5, 0.6) is 0 Å². The number of carbonyl (C=O) groups is 2. The summed E-state index contributed by atoms with van der Waals surface area (Å²) in [5, 5.41) is -0.356. The van der Waals surface area contributed by atoms with Gasteiger partial charge in [-0.15, -0.1) is 11.6 Å². The fourth-order valence-electron chi connectivity index (χ4n) is 6.35. The normalized spacial score (nSPS) is 51.0. The van der Waals surface area contributed by atoms with Gasteiger partial charge in [-0.2, -0.15) is 0 Å². The van der Waals surface area contributed by atoms with Gasteiger partial charge < -0.3 is 0 Å². The van der Waals surface area contributed by atoms with Crippen molar-refractivity contribution in [2.75, 3.05) is 0 Å². The van der Waals surface area contributed by atoms with Gasteiger partial charge in [-0.1, -0.05) is 19.4 Å². The van der Waals surface area contributed by atoms with E-state index in [0.717, 1.165) is 44.9 Å². The largest absolute Gasteiger partial charge is 0.299 e. The number of ketones is 2. The minimum Gasteiger partial charge on any atom is -0.299 e. The molecule has 0 bridgehead atoms. The predicted molar refractivity (Wildman–Crippen MR) is 86.7 cm³/mol. The Morgan fingerprint density at radius 1 is 1.05 bits per heavy atom. The van der Waals surface area contributed by atoms with Crippen LogP contribution in [-0.2, 0) is 9.59 Å². The van der Waals surface area contributed by atoms with Gasteiger partial charge in [-0.3, -0.25) is 9.59 Å². The van der Waals surface area contributed by atoms with E-state index in [2.05, 4.69) is 13.8 Å². The zero-order valence-corrected chi connectivity index (χ0v) is 14.3. The Hall–Kier alpha value is -0.630. The van der Waals surface area contributed by atoms with Gasteiger partial charge in [-0.25, -0.2) is 0 Å². The summed E-state index contributed by atoms with van der Waals surface area (Å²) in [5.41, 5.74) is 1.35. The van der Waals surface area contributed by atoms with Crippen LogP contribution in [0.2, 0.25) is 0 Å². The van der Waals surface area contributed by atoms with E-state index < -0.39 is 0 Å². The lowest BCUT2D eigenvalue weighted by Gasteiger charge is -2.57. The monoisotopic (exact) mass is 320 g/mol. The molecular formula is C19H25ClO2. The number of allylic oxidation sites excluding steroid dienone is 1. The molecule has 3 heteroatoms. The molecule has 120 valence electrons. The summed E-state index contributed by atoms with van der Waals surface area (Å²) < 4.78 is 0. The van der Waals surface area contributed by atoms with Crippen LogP contribution in [0.4, 0.5) is 0 Å². The summed E-state index contributed by atoms with van der Waals surface area (Å²) >= 11 is 6.32. The smallest absolute Gasteiger partial charge is 0.173 e. The van der Waals surface area contributed by atoms with Gasteiger partial charge in [-0.05, 0) is 67.8 Å². The second-order valence-corrected chi connectivity index (χ2v) is 9.02. The second kappa shape index (κ2) is 4.69. The Morgan fingerprint density at radius 3 is 2.55 bits per heavy atom. The van der Waals surface area contributed by atoms with Crippen molar-refractivity contribution in [1.29, 1.82) is 0 Å². The molecule has 3 fully saturated rings. The molecule has 0 heterocycles. The molecule has 3 saturated carbocycles. The first-order valence-electron chi connectivity index (χ1n) is 8.78. The minimum absolute atomic E-state index is 0.0659. The summed E-state index contributed by atoms with van der Waals surface area (Å²) in [6.07, 6.45) is 8.82. The zero-order valence-electron chi connectivity index (χ0n) is 13.5. The van der Waals surface area contributed by atoms with Crippen LogP contribution in [-0.4, -0.2) is 16.9 Å². The van der Waals surface area contributed by atoms with E-state index in [9.17, 15) is 9.59 Å². The molecule has 0 unspecified atom stereocenters. The highest BCUT2D eigenvalue weighted by atomic mass is 35.5. The Morgan fingerprint density at radius 2 is 1.77 bits per heavy atom. The third kappa shape index (κ3) is 1.79. The quantitative estimate of drug-likeness (QED) is 0.623. The van der Waals surface area contributed by atoms with Crippen molar-refractivity contribution in [1.82, 2.24) is 0 Å². The van der Waals surface area contributed by atoms with Crippen LogP contribution >= 0.6 is 11.6 Å². The molecule has 0 N–H and O–H groups in total. The maximum Gasteiger partial charge on any atom is 0.173 e. The number of carbonyl (C=O) groups excluding carboxylic acids is 2. The van der Waals surface area contributed by atoms with Gasteiger partial charge in [0.2, 0.25) is 0 Å². The van der Waals surface area contributed by atoms with Gasteiger partial charge >= 0.3 is 0 Å². The number of hydrogen-bond donors (Lipinski definition) is 0. The highest BCUT2D eigenvalue weighted by molar-refractivity contribution is 6.33. The molecule has 4 aliphatic carbocycles. The molecule has 4 rings (SSSR count). The van der Waals surface area contributed by atoms with Crippen molar-refractivity contribution in [2.45, 2.75) is 64.2 Å².